The highest BCUT2D eigenvalue weighted by Crippen LogP contribution is 2.29. The lowest BCUT2D eigenvalue weighted by Gasteiger charge is -2.06. The van der Waals surface area contributed by atoms with Crippen molar-refractivity contribution < 1.29 is 10.1 Å². The molecule has 0 atom stereocenters. The van der Waals surface area contributed by atoms with Crippen molar-refractivity contribution in [3.05, 3.63) is 84.9 Å². The summed E-state index contributed by atoms with van der Waals surface area (Å²) in [6.07, 6.45) is 0. The molecule has 4 aromatic rings. The number of thioether (sulfide) groups is 1. The van der Waals surface area contributed by atoms with E-state index < -0.39 is 0 Å². The van der Waals surface area contributed by atoms with Gasteiger partial charge in [0.05, 0.1) is 11.4 Å². The van der Waals surface area contributed by atoms with Gasteiger partial charge in [-0.25, -0.2) is 15.2 Å². The highest BCUT2D eigenvalue weighted by molar-refractivity contribution is 8.26. The van der Waals surface area contributed by atoms with Crippen LogP contribution in [0.1, 0.15) is 0 Å². The van der Waals surface area contributed by atoms with Crippen LogP contribution in [0.2, 0.25) is 0 Å². The maximum absolute atomic E-state index is 9.28. The van der Waals surface area contributed by atoms with Crippen molar-refractivity contribution in [1.29, 1.82) is 0 Å². The Morgan fingerprint density at radius 1 is 0.714 bits per heavy atom. The summed E-state index contributed by atoms with van der Waals surface area (Å²) in [4.78, 5) is 13.3. The minimum Gasteiger partial charge on any atom is -0.378 e. The first kappa shape index (κ1) is 18.0. The summed E-state index contributed by atoms with van der Waals surface area (Å²) >= 11 is 0.957. The molecule has 138 valence electrons. The zero-order valence-electron chi connectivity index (χ0n) is 14.8. The van der Waals surface area contributed by atoms with Crippen LogP contribution in [-0.2, 0) is 4.89 Å². The van der Waals surface area contributed by atoms with Crippen molar-refractivity contribution >= 4 is 55.1 Å². The molecule has 0 fully saturated rings. The number of benzene rings is 4. The average molecular weight is 387 g/mol. The largest absolute Gasteiger partial charge is 0.378 e. The molecule has 0 saturated carbocycles. The van der Waals surface area contributed by atoms with Crippen molar-refractivity contribution in [2.45, 2.75) is 0 Å². The SMILES string of the molecule is NC(=Nc1cccc2ccccc12)SC(=Nc1cccc2ccccc12)OO. The van der Waals surface area contributed by atoms with E-state index in [9.17, 15) is 5.26 Å². The minimum absolute atomic E-state index is 0.00200. The van der Waals surface area contributed by atoms with Crippen LogP contribution in [0.25, 0.3) is 21.5 Å². The van der Waals surface area contributed by atoms with E-state index in [1.54, 1.807) is 0 Å². The first-order valence-electron chi connectivity index (χ1n) is 8.62. The molecule has 4 aromatic carbocycles. The van der Waals surface area contributed by atoms with E-state index in [1.807, 2.05) is 84.9 Å². The Bertz CT molecular complexity index is 1190. The van der Waals surface area contributed by atoms with Gasteiger partial charge in [0.25, 0.3) is 5.23 Å². The fraction of sp³-hybridized carbons (Fsp3) is 0. The number of hydrogen-bond acceptors (Lipinski definition) is 5. The predicted octanol–water partition coefficient (Wildman–Crippen LogP) is 5.85. The summed E-state index contributed by atoms with van der Waals surface area (Å²) in [6.45, 7) is 0. The molecule has 4 rings (SSSR count). The number of nitrogens with two attached hydrogens (primary N) is 1. The van der Waals surface area contributed by atoms with Gasteiger partial charge in [-0.05, 0) is 22.9 Å². The summed E-state index contributed by atoms with van der Waals surface area (Å²) < 4.78 is 0. The summed E-state index contributed by atoms with van der Waals surface area (Å²) in [5.41, 5.74) is 7.50. The summed E-state index contributed by atoms with van der Waals surface area (Å²) in [7, 11) is 0. The summed E-state index contributed by atoms with van der Waals surface area (Å²) in [5, 5.41) is 13.6. The molecule has 0 heterocycles. The lowest BCUT2D eigenvalue weighted by molar-refractivity contribution is -0.150. The molecule has 0 unspecified atom stereocenters. The zero-order chi connectivity index (χ0) is 19.3. The Hall–Kier alpha value is -3.35. The molecule has 0 bridgehead atoms. The van der Waals surface area contributed by atoms with Crippen molar-refractivity contribution in [1.82, 2.24) is 0 Å². The van der Waals surface area contributed by atoms with E-state index in [1.165, 1.54) is 0 Å². The Morgan fingerprint density at radius 2 is 1.21 bits per heavy atom. The van der Waals surface area contributed by atoms with Crippen molar-refractivity contribution in [2.24, 2.45) is 15.7 Å². The van der Waals surface area contributed by atoms with Crippen LogP contribution in [0.15, 0.2) is 94.9 Å². The van der Waals surface area contributed by atoms with E-state index in [0.717, 1.165) is 39.0 Å². The quantitative estimate of drug-likeness (QED) is 0.196. The molecule has 6 heteroatoms. The van der Waals surface area contributed by atoms with Gasteiger partial charge in [-0.2, -0.15) is 0 Å². The molecule has 0 aliphatic carbocycles. The molecular weight excluding hydrogens is 370 g/mol. The second kappa shape index (κ2) is 8.12. The number of rotatable bonds is 2. The van der Waals surface area contributed by atoms with Gasteiger partial charge >= 0.3 is 0 Å². The molecule has 28 heavy (non-hydrogen) atoms. The number of hydrogen-bond donors (Lipinski definition) is 2. The molecule has 0 aliphatic rings. The Labute approximate surface area is 166 Å². The lowest BCUT2D eigenvalue weighted by atomic mass is 10.1. The molecule has 3 N–H and O–H groups in total. The van der Waals surface area contributed by atoms with Gasteiger partial charge in [0.1, 0.15) is 0 Å². The fourth-order valence-corrected chi connectivity index (χ4v) is 3.51. The lowest BCUT2D eigenvalue weighted by Crippen LogP contribution is -2.11. The third kappa shape index (κ3) is 3.83. The summed E-state index contributed by atoms with van der Waals surface area (Å²) in [5.74, 6) is 0. The van der Waals surface area contributed by atoms with Gasteiger partial charge < -0.3 is 10.6 Å². The monoisotopic (exact) mass is 387 g/mol. The standard InChI is InChI=1S/C22H17N3O2S/c23-21(24-19-13-5-9-15-7-1-3-11-17(15)19)28-22(27-26)25-20-14-6-10-16-8-2-4-12-18(16)20/h1-14,26H,(H2,23,24). The van der Waals surface area contributed by atoms with Crippen LogP contribution in [0.3, 0.4) is 0 Å². The van der Waals surface area contributed by atoms with Crippen molar-refractivity contribution in [3.63, 3.8) is 0 Å². The van der Waals surface area contributed by atoms with Crippen LogP contribution in [0, 0.1) is 0 Å². The maximum Gasteiger partial charge on any atom is 0.299 e. The molecule has 0 aromatic heterocycles. The first-order chi connectivity index (χ1) is 13.7. The summed E-state index contributed by atoms with van der Waals surface area (Å²) in [6, 6.07) is 27.3. The van der Waals surface area contributed by atoms with Crippen LogP contribution in [0.4, 0.5) is 11.4 Å². The first-order valence-corrected chi connectivity index (χ1v) is 9.44. The fourth-order valence-electron chi connectivity index (χ4n) is 3.00. The molecular formula is C22H17N3O2S. The average Bonchev–Trinajstić information content (AvgIpc) is 2.74. The topological polar surface area (TPSA) is 80.2 Å². The second-order valence-corrected chi connectivity index (χ2v) is 6.99. The van der Waals surface area contributed by atoms with E-state index in [0.29, 0.717) is 5.69 Å². The van der Waals surface area contributed by atoms with Crippen LogP contribution in [0.5, 0.6) is 0 Å². The predicted molar refractivity (Wildman–Crippen MR) is 118 cm³/mol. The van der Waals surface area contributed by atoms with Crippen LogP contribution < -0.4 is 5.73 Å². The van der Waals surface area contributed by atoms with Crippen LogP contribution in [-0.4, -0.2) is 15.7 Å². The third-order valence-electron chi connectivity index (χ3n) is 4.25. The minimum atomic E-state index is -0.00200. The van der Waals surface area contributed by atoms with Gasteiger partial charge in [0.2, 0.25) is 0 Å². The van der Waals surface area contributed by atoms with E-state index in [-0.39, 0.29) is 10.4 Å². The Balaban J connectivity index is 1.66. The maximum atomic E-state index is 9.28. The highest BCUT2D eigenvalue weighted by atomic mass is 32.2. The van der Waals surface area contributed by atoms with E-state index in [4.69, 9.17) is 5.73 Å². The second-order valence-electron chi connectivity index (χ2n) is 6.02. The van der Waals surface area contributed by atoms with Gasteiger partial charge in [0, 0.05) is 22.5 Å². The van der Waals surface area contributed by atoms with Gasteiger partial charge in [-0.15, -0.1) is 0 Å². The van der Waals surface area contributed by atoms with Gasteiger partial charge in [-0.3, -0.25) is 0 Å². The smallest absolute Gasteiger partial charge is 0.299 e. The number of fused-ring (bicyclic) bond motifs is 2. The Kier molecular flexibility index (Phi) is 5.23. The normalized spacial score (nSPS) is 12.5. The van der Waals surface area contributed by atoms with Gasteiger partial charge in [-0.1, -0.05) is 72.8 Å². The molecule has 0 spiro atoms. The number of nitrogens with zero attached hydrogens (tertiary/aromatic N) is 2. The molecule has 0 amide bonds. The molecule has 5 nitrogen and oxygen atoms in total. The zero-order valence-corrected chi connectivity index (χ0v) is 15.6. The highest BCUT2D eigenvalue weighted by Gasteiger charge is 2.09. The Morgan fingerprint density at radius 3 is 1.79 bits per heavy atom. The van der Waals surface area contributed by atoms with Gasteiger partial charge in [0.15, 0.2) is 5.17 Å². The molecule has 0 radical (unpaired) electrons. The molecule has 0 aliphatic heterocycles. The van der Waals surface area contributed by atoms with E-state index in [2.05, 4.69) is 14.9 Å². The van der Waals surface area contributed by atoms with Crippen molar-refractivity contribution in [3.8, 4) is 0 Å². The van der Waals surface area contributed by atoms with Crippen LogP contribution >= 0.6 is 11.8 Å². The van der Waals surface area contributed by atoms with Crippen molar-refractivity contribution in [2.75, 3.05) is 0 Å². The number of aliphatic imine (C=N–C) groups is 2. The van der Waals surface area contributed by atoms with E-state index >= 15 is 0 Å². The molecule has 0 saturated heterocycles. The number of amidine groups is 1. The third-order valence-corrected chi connectivity index (χ3v) is 4.89.